The summed E-state index contributed by atoms with van der Waals surface area (Å²) in [7, 11) is 0. The molecule has 16 heavy (non-hydrogen) atoms. The van der Waals surface area contributed by atoms with Crippen LogP contribution >= 0.6 is 0 Å². The quantitative estimate of drug-likeness (QED) is 0.587. The van der Waals surface area contributed by atoms with Crippen molar-refractivity contribution in [1.29, 1.82) is 0 Å². The Morgan fingerprint density at radius 3 is 2.31 bits per heavy atom. The van der Waals surface area contributed by atoms with Crippen molar-refractivity contribution in [1.82, 2.24) is 4.90 Å². The number of hydrogen-bond acceptors (Lipinski definition) is 2. The summed E-state index contributed by atoms with van der Waals surface area (Å²) >= 11 is 0. The third-order valence-electron chi connectivity index (χ3n) is 2.60. The number of carbonyl (C=O) groups excluding carboxylic acids is 1. The Hall–Kier alpha value is -1.06. The topological polar surface area (TPSA) is 23.6 Å². The number of piperazine rings is 1. The summed E-state index contributed by atoms with van der Waals surface area (Å²) in [4.78, 5) is 13.9. The molecule has 3 nitrogen and oxygen atoms in total. The summed E-state index contributed by atoms with van der Waals surface area (Å²) < 4.78 is 13.4. The molecule has 1 amide bonds. The van der Waals surface area contributed by atoms with Gasteiger partial charge in [0.2, 0.25) is 0 Å². The van der Waals surface area contributed by atoms with Crippen molar-refractivity contribution in [2.24, 2.45) is 0 Å². The van der Waals surface area contributed by atoms with E-state index in [4.69, 9.17) is 0 Å². The van der Waals surface area contributed by atoms with Crippen LogP contribution < -0.4 is 4.90 Å². The second kappa shape index (κ2) is 5.87. The molecular weight excluding hydrogens is 251 g/mol. The Bertz CT molecular complexity index is 354. The largest absolute Gasteiger partial charge is 0.520 e. The molecule has 2 rings (SSSR count). The molecule has 1 aromatic carbocycles. The summed E-state index contributed by atoms with van der Waals surface area (Å²) in [6.45, 7) is 2.54. The maximum atomic E-state index is 13.4. The summed E-state index contributed by atoms with van der Waals surface area (Å²) in [5, 5.41) is 0. The molecule has 1 fully saturated rings. The van der Waals surface area contributed by atoms with Gasteiger partial charge >= 0.3 is 0 Å². The molecule has 0 radical (unpaired) electrons. The molecular formula is C11H12FFeN2O-. The van der Waals surface area contributed by atoms with Gasteiger partial charge in [0.05, 0.1) is 5.69 Å². The minimum atomic E-state index is -0.207. The Morgan fingerprint density at radius 1 is 1.12 bits per heavy atom. The van der Waals surface area contributed by atoms with E-state index in [1.165, 1.54) is 6.07 Å². The number of hydrogen-bond donors (Lipinski definition) is 0. The first kappa shape index (κ1) is 13.0. The van der Waals surface area contributed by atoms with Crippen molar-refractivity contribution < 1.29 is 26.3 Å². The van der Waals surface area contributed by atoms with Gasteiger partial charge in [-0.3, -0.25) is 0 Å². The predicted octanol–water partition coefficient (Wildman–Crippen LogP) is 1.01. The fraction of sp³-hybridized carbons (Fsp3) is 0.364. The molecule has 0 aromatic heterocycles. The van der Waals surface area contributed by atoms with Crippen LogP contribution in [0.1, 0.15) is 0 Å². The van der Waals surface area contributed by atoms with E-state index in [0.717, 1.165) is 0 Å². The van der Waals surface area contributed by atoms with Crippen LogP contribution in [0.5, 0.6) is 0 Å². The maximum absolute atomic E-state index is 13.4. The van der Waals surface area contributed by atoms with E-state index in [1.807, 2.05) is 17.4 Å². The number of nitrogens with zero attached hydrogens (tertiary/aromatic N) is 2. The molecule has 1 aromatic rings. The van der Waals surface area contributed by atoms with Crippen LogP contribution in [0.2, 0.25) is 0 Å². The van der Waals surface area contributed by atoms with E-state index in [9.17, 15) is 9.18 Å². The molecule has 1 heterocycles. The van der Waals surface area contributed by atoms with Gasteiger partial charge in [-0.2, -0.15) is 6.41 Å². The number of amides is 1. The second-order valence-corrected chi connectivity index (χ2v) is 3.52. The van der Waals surface area contributed by atoms with E-state index in [0.29, 0.717) is 31.9 Å². The van der Waals surface area contributed by atoms with Crippen molar-refractivity contribution in [2.75, 3.05) is 31.1 Å². The fourth-order valence-electron chi connectivity index (χ4n) is 1.75. The van der Waals surface area contributed by atoms with Crippen LogP contribution in [0.4, 0.5) is 10.1 Å². The zero-order valence-corrected chi connectivity index (χ0v) is 9.78. The first-order valence-electron chi connectivity index (χ1n) is 4.93. The number of rotatable bonds is 2. The monoisotopic (exact) mass is 263 g/mol. The molecule has 0 aliphatic carbocycles. The van der Waals surface area contributed by atoms with Crippen LogP contribution in [0, 0.1) is 5.82 Å². The van der Waals surface area contributed by atoms with Crippen LogP contribution in [-0.2, 0) is 21.9 Å². The van der Waals surface area contributed by atoms with E-state index in [2.05, 4.69) is 0 Å². The van der Waals surface area contributed by atoms with Gasteiger partial charge in [0.15, 0.2) is 0 Å². The number of halogens is 1. The average molecular weight is 263 g/mol. The third kappa shape index (κ3) is 2.74. The van der Waals surface area contributed by atoms with Gasteiger partial charge < -0.3 is 14.6 Å². The van der Waals surface area contributed by atoms with Crippen molar-refractivity contribution in [2.45, 2.75) is 0 Å². The first-order valence-corrected chi connectivity index (χ1v) is 4.93. The zero-order valence-electron chi connectivity index (χ0n) is 8.67. The molecule has 5 heteroatoms. The molecule has 88 valence electrons. The molecule has 0 saturated carbocycles. The fourth-order valence-corrected chi connectivity index (χ4v) is 1.75. The summed E-state index contributed by atoms with van der Waals surface area (Å²) in [6, 6.07) is 6.70. The van der Waals surface area contributed by atoms with Crippen LogP contribution in [0.15, 0.2) is 24.3 Å². The van der Waals surface area contributed by atoms with Gasteiger partial charge in [0.1, 0.15) is 5.82 Å². The van der Waals surface area contributed by atoms with Gasteiger partial charge in [0, 0.05) is 43.2 Å². The van der Waals surface area contributed by atoms with Crippen LogP contribution in [0.3, 0.4) is 0 Å². The van der Waals surface area contributed by atoms with Gasteiger partial charge in [-0.15, -0.1) is 0 Å². The van der Waals surface area contributed by atoms with Crippen molar-refractivity contribution in [3.8, 4) is 0 Å². The Kier molecular flexibility index (Phi) is 4.77. The Labute approximate surface area is 105 Å². The third-order valence-corrected chi connectivity index (χ3v) is 2.60. The van der Waals surface area contributed by atoms with Crippen molar-refractivity contribution >= 4 is 12.1 Å². The molecule has 0 N–H and O–H groups in total. The number of anilines is 1. The summed E-state index contributed by atoms with van der Waals surface area (Å²) in [5.41, 5.74) is 0.614. The average Bonchev–Trinajstić information content (AvgIpc) is 2.30. The molecule has 0 unspecified atom stereocenters. The van der Waals surface area contributed by atoms with E-state index in [1.54, 1.807) is 17.0 Å². The molecule has 1 aliphatic heterocycles. The summed E-state index contributed by atoms with van der Waals surface area (Å²) in [6.07, 6.45) is 1.85. The van der Waals surface area contributed by atoms with Crippen molar-refractivity contribution in [3.05, 3.63) is 30.1 Å². The van der Waals surface area contributed by atoms with Gasteiger partial charge in [0.25, 0.3) is 0 Å². The molecule has 0 atom stereocenters. The normalized spacial score (nSPS) is 15.6. The van der Waals surface area contributed by atoms with Gasteiger partial charge in [-0.1, -0.05) is 12.1 Å². The van der Waals surface area contributed by atoms with Crippen LogP contribution in [-0.4, -0.2) is 37.5 Å². The molecule has 1 saturated heterocycles. The van der Waals surface area contributed by atoms with E-state index >= 15 is 0 Å². The number of para-hydroxylation sites is 1. The molecule has 1 aliphatic rings. The minimum absolute atomic E-state index is 0. The van der Waals surface area contributed by atoms with Crippen LogP contribution in [0.25, 0.3) is 0 Å². The zero-order chi connectivity index (χ0) is 10.7. The summed E-state index contributed by atoms with van der Waals surface area (Å²) in [5.74, 6) is -0.207. The number of benzene rings is 1. The standard InChI is InChI=1S/C11H12FN2O.Fe/c12-10-3-1-2-4-11(10)14-7-5-13(9-15)6-8-14;/h1-4H,5-8H2;/q-1;. The first-order chi connectivity index (χ1) is 7.31. The second-order valence-electron chi connectivity index (χ2n) is 3.52. The van der Waals surface area contributed by atoms with Crippen molar-refractivity contribution in [3.63, 3.8) is 0 Å². The van der Waals surface area contributed by atoms with E-state index < -0.39 is 0 Å². The molecule has 0 bridgehead atoms. The predicted molar refractivity (Wildman–Crippen MR) is 55.9 cm³/mol. The smallest absolute Gasteiger partial charge is 0.146 e. The Morgan fingerprint density at radius 2 is 1.75 bits per heavy atom. The van der Waals surface area contributed by atoms with Gasteiger partial charge in [-0.05, 0) is 12.1 Å². The molecule has 0 spiro atoms. The van der Waals surface area contributed by atoms with E-state index in [-0.39, 0.29) is 22.9 Å². The SMILES string of the molecule is O=[C-]N1CCN(c2ccccc2F)CC1.[Fe]. The van der Waals surface area contributed by atoms with Gasteiger partial charge in [-0.25, -0.2) is 4.39 Å². The Balaban J connectivity index is 0.00000128. The minimum Gasteiger partial charge on any atom is -0.520 e. The maximum Gasteiger partial charge on any atom is 0.146 e.